The highest BCUT2D eigenvalue weighted by molar-refractivity contribution is 5.95. The average Bonchev–Trinajstić information content (AvgIpc) is 2.53. The number of rotatable bonds is 7. The van der Waals surface area contributed by atoms with E-state index in [9.17, 15) is 9.59 Å². The normalized spacial score (nSPS) is 10.5. The van der Waals surface area contributed by atoms with Crippen molar-refractivity contribution in [2.75, 3.05) is 28.4 Å². The van der Waals surface area contributed by atoms with E-state index in [1.807, 2.05) is 0 Å². The Morgan fingerprint density at radius 2 is 1.38 bits per heavy atom. The third-order valence-corrected chi connectivity index (χ3v) is 3.03. The van der Waals surface area contributed by atoms with Crippen molar-refractivity contribution in [1.29, 1.82) is 0 Å². The van der Waals surface area contributed by atoms with Gasteiger partial charge in [0.05, 0.1) is 25.3 Å². The average molecular weight is 296 g/mol. The van der Waals surface area contributed by atoms with E-state index in [0.717, 1.165) is 5.56 Å². The maximum absolute atomic E-state index is 11.7. The molecule has 0 saturated heterocycles. The van der Waals surface area contributed by atoms with Crippen molar-refractivity contribution in [2.45, 2.75) is 19.1 Å². The quantitative estimate of drug-likeness (QED) is 0.564. The zero-order chi connectivity index (χ0) is 15.8. The summed E-state index contributed by atoms with van der Waals surface area (Å²) >= 11 is 0. The second-order valence-corrected chi connectivity index (χ2v) is 4.34. The van der Waals surface area contributed by atoms with Gasteiger partial charge in [0.2, 0.25) is 0 Å². The molecule has 0 fully saturated rings. The minimum absolute atomic E-state index is 0.307. The van der Waals surface area contributed by atoms with E-state index in [0.29, 0.717) is 24.0 Å². The minimum atomic E-state index is -0.503. The number of hydrogen-bond donors (Lipinski definition) is 0. The number of benzene rings is 1. The van der Waals surface area contributed by atoms with E-state index < -0.39 is 11.9 Å². The molecule has 116 valence electrons. The number of methoxy groups -OCH3 is 4. The Morgan fingerprint density at radius 3 is 1.76 bits per heavy atom. The molecule has 1 aromatic carbocycles. The standard InChI is InChI=1S/C15H20O6/c1-18-13(19-2)6-5-10-7-11(14(16)20-3)9-12(8-10)15(17)21-4/h7-9,13H,5-6H2,1-4H3. The van der Waals surface area contributed by atoms with Gasteiger partial charge >= 0.3 is 11.9 Å². The van der Waals surface area contributed by atoms with Gasteiger partial charge in [-0.15, -0.1) is 0 Å². The van der Waals surface area contributed by atoms with Crippen LogP contribution in [-0.4, -0.2) is 46.7 Å². The summed E-state index contributed by atoms with van der Waals surface area (Å²) in [5.41, 5.74) is 1.42. The number of aryl methyl sites for hydroxylation is 1. The van der Waals surface area contributed by atoms with Crippen LogP contribution in [0.5, 0.6) is 0 Å². The van der Waals surface area contributed by atoms with Crippen molar-refractivity contribution >= 4 is 11.9 Å². The summed E-state index contributed by atoms with van der Waals surface area (Å²) in [4.78, 5) is 23.3. The summed E-state index contributed by atoms with van der Waals surface area (Å²) in [5, 5.41) is 0. The first-order valence-corrected chi connectivity index (χ1v) is 6.41. The highest BCUT2D eigenvalue weighted by Crippen LogP contribution is 2.16. The number of hydrogen-bond acceptors (Lipinski definition) is 6. The Labute approximate surface area is 123 Å². The predicted molar refractivity (Wildman–Crippen MR) is 75.2 cm³/mol. The molecule has 0 saturated carbocycles. The van der Waals surface area contributed by atoms with Gasteiger partial charge in [-0.25, -0.2) is 9.59 Å². The number of carbonyl (C=O) groups is 2. The van der Waals surface area contributed by atoms with Crippen molar-refractivity contribution < 1.29 is 28.5 Å². The molecular weight excluding hydrogens is 276 g/mol. The number of ether oxygens (including phenoxy) is 4. The Kier molecular flexibility index (Phi) is 6.84. The van der Waals surface area contributed by atoms with Gasteiger partial charge in [-0.05, 0) is 30.2 Å². The Morgan fingerprint density at radius 1 is 0.905 bits per heavy atom. The summed E-state index contributed by atoms with van der Waals surface area (Å²) < 4.78 is 19.6. The first-order valence-electron chi connectivity index (χ1n) is 6.41. The van der Waals surface area contributed by atoms with Gasteiger partial charge in [0.15, 0.2) is 6.29 Å². The molecule has 0 aliphatic carbocycles. The fraction of sp³-hybridized carbons (Fsp3) is 0.467. The molecule has 0 bridgehead atoms. The maximum Gasteiger partial charge on any atom is 0.337 e. The molecule has 6 nitrogen and oxygen atoms in total. The molecule has 0 aliphatic heterocycles. The predicted octanol–water partition coefficient (Wildman–Crippen LogP) is 1.81. The highest BCUT2D eigenvalue weighted by atomic mass is 16.7. The molecule has 21 heavy (non-hydrogen) atoms. The van der Waals surface area contributed by atoms with E-state index in [-0.39, 0.29) is 6.29 Å². The summed E-state index contributed by atoms with van der Waals surface area (Å²) in [6, 6.07) is 4.81. The van der Waals surface area contributed by atoms with Gasteiger partial charge in [0, 0.05) is 20.6 Å². The number of esters is 2. The summed E-state index contributed by atoms with van der Waals surface area (Å²) in [6.07, 6.45) is 0.840. The molecule has 1 aromatic rings. The van der Waals surface area contributed by atoms with Gasteiger partial charge in [-0.1, -0.05) is 0 Å². The van der Waals surface area contributed by atoms with Crippen molar-refractivity contribution in [3.8, 4) is 0 Å². The first kappa shape index (κ1) is 17.1. The molecule has 0 aromatic heterocycles. The van der Waals surface area contributed by atoms with E-state index in [1.54, 1.807) is 26.4 Å². The van der Waals surface area contributed by atoms with Crippen LogP contribution in [0.3, 0.4) is 0 Å². The smallest absolute Gasteiger partial charge is 0.337 e. The second-order valence-electron chi connectivity index (χ2n) is 4.34. The van der Waals surface area contributed by atoms with Crippen LogP contribution in [0.25, 0.3) is 0 Å². The molecule has 0 N–H and O–H groups in total. The largest absolute Gasteiger partial charge is 0.465 e. The van der Waals surface area contributed by atoms with E-state index in [2.05, 4.69) is 9.47 Å². The van der Waals surface area contributed by atoms with E-state index in [4.69, 9.17) is 9.47 Å². The molecule has 0 aliphatic rings. The lowest BCUT2D eigenvalue weighted by Gasteiger charge is -2.13. The van der Waals surface area contributed by atoms with Gasteiger partial charge < -0.3 is 18.9 Å². The first-order chi connectivity index (χ1) is 10.0. The summed E-state index contributed by atoms with van der Waals surface area (Å²) in [7, 11) is 5.69. The maximum atomic E-state index is 11.7. The van der Waals surface area contributed by atoms with Crippen molar-refractivity contribution in [3.63, 3.8) is 0 Å². The van der Waals surface area contributed by atoms with Crippen LogP contribution in [0.15, 0.2) is 18.2 Å². The SMILES string of the molecule is COC(=O)c1cc(CCC(OC)OC)cc(C(=O)OC)c1. The fourth-order valence-corrected chi connectivity index (χ4v) is 1.92. The molecule has 0 atom stereocenters. The number of carbonyl (C=O) groups excluding carboxylic acids is 2. The third-order valence-electron chi connectivity index (χ3n) is 3.03. The summed E-state index contributed by atoms with van der Waals surface area (Å²) in [5.74, 6) is -1.01. The van der Waals surface area contributed by atoms with Crippen LogP contribution in [-0.2, 0) is 25.4 Å². The molecule has 0 heterocycles. The lowest BCUT2D eigenvalue weighted by molar-refractivity contribution is -0.105. The second kappa shape index (κ2) is 8.39. The van der Waals surface area contributed by atoms with Crippen LogP contribution in [0.4, 0.5) is 0 Å². The molecular formula is C15H20O6. The monoisotopic (exact) mass is 296 g/mol. The van der Waals surface area contributed by atoms with Gasteiger partial charge in [0.1, 0.15) is 0 Å². The molecule has 0 amide bonds. The lowest BCUT2D eigenvalue weighted by atomic mass is 10.0. The summed E-state index contributed by atoms with van der Waals surface area (Å²) in [6.45, 7) is 0. The van der Waals surface area contributed by atoms with E-state index >= 15 is 0 Å². The van der Waals surface area contributed by atoms with Gasteiger partial charge in [-0.3, -0.25) is 0 Å². The highest BCUT2D eigenvalue weighted by Gasteiger charge is 2.14. The molecule has 0 radical (unpaired) electrons. The zero-order valence-electron chi connectivity index (χ0n) is 12.7. The lowest BCUT2D eigenvalue weighted by Crippen LogP contribution is -2.14. The third kappa shape index (κ3) is 4.84. The van der Waals surface area contributed by atoms with Gasteiger partial charge in [-0.2, -0.15) is 0 Å². The van der Waals surface area contributed by atoms with Crippen LogP contribution in [0.2, 0.25) is 0 Å². The van der Waals surface area contributed by atoms with E-state index in [1.165, 1.54) is 20.3 Å². The Hall–Kier alpha value is -1.92. The van der Waals surface area contributed by atoms with Gasteiger partial charge in [0.25, 0.3) is 0 Å². The topological polar surface area (TPSA) is 71.1 Å². The fourth-order valence-electron chi connectivity index (χ4n) is 1.92. The van der Waals surface area contributed by atoms with Crippen LogP contribution < -0.4 is 0 Å². The molecule has 0 spiro atoms. The van der Waals surface area contributed by atoms with Crippen LogP contribution in [0.1, 0.15) is 32.7 Å². The zero-order valence-corrected chi connectivity index (χ0v) is 12.7. The Balaban J connectivity index is 3.01. The van der Waals surface area contributed by atoms with Crippen molar-refractivity contribution in [3.05, 3.63) is 34.9 Å². The van der Waals surface area contributed by atoms with Crippen molar-refractivity contribution in [1.82, 2.24) is 0 Å². The molecule has 1 rings (SSSR count). The Bertz CT molecular complexity index is 459. The molecule has 6 heteroatoms. The molecule has 0 unspecified atom stereocenters. The van der Waals surface area contributed by atoms with Crippen LogP contribution in [0, 0.1) is 0 Å². The minimum Gasteiger partial charge on any atom is -0.465 e. The van der Waals surface area contributed by atoms with Crippen LogP contribution >= 0.6 is 0 Å². The van der Waals surface area contributed by atoms with Crippen molar-refractivity contribution in [2.24, 2.45) is 0 Å².